The summed E-state index contributed by atoms with van der Waals surface area (Å²) in [4.78, 5) is 19.3. The van der Waals surface area contributed by atoms with E-state index in [0.29, 0.717) is 12.3 Å². The first-order chi connectivity index (χ1) is 11.3. The van der Waals surface area contributed by atoms with Crippen molar-refractivity contribution in [2.75, 3.05) is 13.1 Å². The van der Waals surface area contributed by atoms with E-state index in [2.05, 4.69) is 42.0 Å². The highest BCUT2D eigenvalue weighted by Crippen LogP contribution is 2.28. The minimum Gasteiger partial charge on any atom is -0.342 e. The Bertz CT molecular complexity index is 713. The average Bonchev–Trinajstić information content (AvgIpc) is 3.16. The van der Waals surface area contributed by atoms with E-state index in [9.17, 15) is 4.79 Å². The van der Waals surface area contributed by atoms with Crippen molar-refractivity contribution in [2.45, 2.75) is 58.3 Å². The molecule has 1 fully saturated rings. The molecule has 1 aliphatic rings. The molecule has 0 aromatic carbocycles. The van der Waals surface area contributed by atoms with Crippen molar-refractivity contribution >= 4 is 17.2 Å². The van der Waals surface area contributed by atoms with Gasteiger partial charge in [0.15, 0.2) is 0 Å². The second-order valence-corrected chi connectivity index (χ2v) is 8.58. The van der Waals surface area contributed by atoms with Crippen molar-refractivity contribution in [1.82, 2.24) is 20.1 Å². The molecule has 0 bridgehead atoms. The van der Waals surface area contributed by atoms with Crippen LogP contribution in [0.15, 0.2) is 11.4 Å². The van der Waals surface area contributed by atoms with E-state index < -0.39 is 0 Å². The average molecular weight is 347 g/mol. The summed E-state index contributed by atoms with van der Waals surface area (Å²) in [5, 5.41) is 10.5. The second kappa shape index (κ2) is 6.67. The van der Waals surface area contributed by atoms with Gasteiger partial charge in [-0.15, -0.1) is 11.3 Å². The van der Waals surface area contributed by atoms with Crippen LogP contribution in [0.2, 0.25) is 0 Å². The Kier molecular flexibility index (Phi) is 4.76. The molecule has 0 saturated carbocycles. The molecule has 1 N–H and O–H groups in total. The number of aryl methyl sites for hydroxylation is 1. The van der Waals surface area contributed by atoms with Crippen molar-refractivity contribution in [1.29, 1.82) is 0 Å². The third kappa shape index (κ3) is 3.86. The predicted octanol–water partition coefficient (Wildman–Crippen LogP) is 3.42. The van der Waals surface area contributed by atoms with Gasteiger partial charge in [0.2, 0.25) is 5.91 Å². The van der Waals surface area contributed by atoms with Crippen LogP contribution in [-0.4, -0.2) is 39.1 Å². The molecule has 0 radical (unpaired) electrons. The van der Waals surface area contributed by atoms with E-state index in [1.165, 1.54) is 0 Å². The number of H-pyrrole nitrogens is 1. The number of piperidine rings is 1. The van der Waals surface area contributed by atoms with E-state index in [4.69, 9.17) is 0 Å². The number of carbonyl (C=O) groups excluding carboxylic acids is 1. The number of hydrogen-bond acceptors (Lipinski definition) is 4. The van der Waals surface area contributed by atoms with Gasteiger partial charge >= 0.3 is 0 Å². The third-order valence-corrected chi connectivity index (χ3v) is 5.76. The van der Waals surface area contributed by atoms with Gasteiger partial charge in [-0.1, -0.05) is 20.8 Å². The number of thiazole rings is 1. The van der Waals surface area contributed by atoms with Crippen molar-refractivity contribution in [3.63, 3.8) is 0 Å². The molecule has 1 amide bonds. The highest BCUT2D eigenvalue weighted by molar-refractivity contribution is 7.09. The smallest absolute Gasteiger partial charge is 0.228 e. The van der Waals surface area contributed by atoms with Crippen LogP contribution < -0.4 is 0 Å². The van der Waals surface area contributed by atoms with Gasteiger partial charge in [-0.2, -0.15) is 5.10 Å². The molecular weight excluding hydrogens is 320 g/mol. The zero-order valence-electron chi connectivity index (χ0n) is 14.9. The van der Waals surface area contributed by atoms with Crippen LogP contribution in [0.25, 0.3) is 0 Å². The minimum atomic E-state index is 0.0417. The molecule has 3 heterocycles. The van der Waals surface area contributed by atoms with Crippen LogP contribution in [0.3, 0.4) is 0 Å². The number of nitrogens with one attached hydrogen (secondary N) is 1. The van der Waals surface area contributed by atoms with Crippen LogP contribution in [0.4, 0.5) is 0 Å². The largest absolute Gasteiger partial charge is 0.342 e. The predicted molar refractivity (Wildman–Crippen MR) is 96.4 cm³/mol. The number of nitrogens with zero attached hydrogens (tertiary/aromatic N) is 3. The van der Waals surface area contributed by atoms with Gasteiger partial charge in [-0.25, -0.2) is 4.98 Å². The maximum absolute atomic E-state index is 12.7. The number of amides is 1. The lowest BCUT2D eigenvalue weighted by molar-refractivity contribution is -0.131. The quantitative estimate of drug-likeness (QED) is 0.926. The normalized spacial score (nSPS) is 18.8. The van der Waals surface area contributed by atoms with Crippen molar-refractivity contribution in [3.8, 4) is 0 Å². The Balaban J connectivity index is 1.63. The fourth-order valence-corrected chi connectivity index (χ4v) is 4.00. The summed E-state index contributed by atoms with van der Waals surface area (Å²) in [5.74, 6) is 0.519. The standard InChI is InChI=1S/C18H26N4OS/c1-12-8-15(21-20-12)13-6-5-7-22(10-13)16(23)9-14-11-24-17(19-14)18(2,3)4/h8,11,13H,5-7,9-10H2,1-4H3,(H,20,21)/t13-/m1/s1. The maximum atomic E-state index is 12.7. The molecular formula is C18H26N4OS. The highest BCUT2D eigenvalue weighted by Gasteiger charge is 2.27. The first-order valence-electron chi connectivity index (χ1n) is 8.57. The lowest BCUT2D eigenvalue weighted by atomic mass is 9.94. The van der Waals surface area contributed by atoms with Crippen LogP contribution in [0.1, 0.15) is 61.6 Å². The summed E-state index contributed by atoms with van der Waals surface area (Å²) in [7, 11) is 0. The monoisotopic (exact) mass is 346 g/mol. The molecule has 0 spiro atoms. The number of aromatic nitrogens is 3. The SMILES string of the molecule is Cc1cc([C@@H]2CCCN(C(=O)Cc3csc(C(C)(C)C)n3)C2)n[nH]1. The van der Waals surface area contributed by atoms with Gasteiger partial charge in [0.1, 0.15) is 0 Å². The Morgan fingerprint density at radius 1 is 1.46 bits per heavy atom. The summed E-state index contributed by atoms with van der Waals surface area (Å²) in [5.41, 5.74) is 3.09. The fourth-order valence-electron chi connectivity index (χ4n) is 3.09. The Morgan fingerprint density at radius 2 is 2.25 bits per heavy atom. The van der Waals surface area contributed by atoms with Gasteiger partial charge < -0.3 is 4.90 Å². The van der Waals surface area contributed by atoms with E-state index in [-0.39, 0.29) is 11.3 Å². The van der Waals surface area contributed by atoms with E-state index in [1.807, 2.05) is 17.2 Å². The summed E-state index contributed by atoms with van der Waals surface area (Å²) < 4.78 is 0. The highest BCUT2D eigenvalue weighted by atomic mass is 32.1. The summed E-state index contributed by atoms with van der Waals surface area (Å²) in [6.45, 7) is 10.1. The van der Waals surface area contributed by atoms with Gasteiger partial charge in [0.05, 0.1) is 22.8 Å². The van der Waals surface area contributed by atoms with Crippen LogP contribution in [0.5, 0.6) is 0 Å². The third-order valence-electron chi connectivity index (χ3n) is 4.44. The summed E-state index contributed by atoms with van der Waals surface area (Å²) >= 11 is 1.65. The molecule has 6 heteroatoms. The molecule has 1 atom stereocenters. The summed E-state index contributed by atoms with van der Waals surface area (Å²) in [6, 6.07) is 2.09. The molecule has 5 nitrogen and oxygen atoms in total. The molecule has 1 saturated heterocycles. The number of carbonyl (C=O) groups is 1. The zero-order chi connectivity index (χ0) is 17.3. The first-order valence-corrected chi connectivity index (χ1v) is 9.45. The lowest BCUT2D eigenvalue weighted by Gasteiger charge is -2.32. The number of likely N-dealkylation sites (tertiary alicyclic amines) is 1. The second-order valence-electron chi connectivity index (χ2n) is 7.73. The molecule has 0 unspecified atom stereocenters. The zero-order valence-corrected chi connectivity index (χ0v) is 15.7. The van der Waals surface area contributed by atoms with Crippen LogP contribution >= 0.6 is 11.3 Å². The first kappa shape index (κ1) is 17.1. The Morgan fingerprint density at radius 3 is 2.88 bits per heavy atom. The van der Waals surface area contributed by atoms with Crippen LogP contribution in [0, 0.1) is 6.92 Å². The molecule has 130 valence electrons. The number of aromatic amines is 1. The molecule has 2 aromatic rings. The lowest BCUT2D eigenvalue weighted by Crippen LogP contribution is -2.40. The molecule has 0 aliphatic carbocycles. The fraction of sp³-hybridized carbons (Fsp3) is 0.611. The maximum Gasteiger partial charge on any atom is 0.228 e. The van der Waals surface area contributed by atoms with Crippen LogP contribution in [-0.2, 0) is 16.6 Å². The topological polar surface area (TPSA) is 61.9 Å². The number of hydrogen-bond donors (Lipinski definition) is 1. The minimum absolute atomic E-state index is 0.0417. The van der Waals surface area contributed by atoms with Gasteiger partial charge in [-0.3, -0.25) is 9.89 Å². The van der Waals surface area contributed by atoms with E-state index in [0.717, 1.165) is 48.0 Å². The van der Waals surface area contributed by atoms with Gasteiger partial charge in [-0.05, 0) is 25.8 Å². The molecule has 2 aromatic heterocycles. The van der Waals surface area contributed by atoms with Gasteiger partial charge in [0.25, 0.3) is 0 Å². The summed E-state index contributed by atoms with van der Waals surface area (Å²) in [6.07, 6.45) is 2.53. The molecule has 3 rings (SSSR count). The van der Waals surface area contributed by atoms with E-state index in [1.54, 1.807) is 11.3 Å². The van der Waals surface area contributed by atoms with Crippen molar-refractivity contribution < 1.29 is 4.79 Å². The van der Waals surface area contributed by atoms with Crippen molar-refractivity contribution in [3.05, 3.63) is 33.5 Å². The van der Waals surface area contributed by atoms with Gasteiger partial charge in [0, 0.05) is 35.5 Å². The Hall–Kier alpha value is -1.69. The Labute approximate surface area is 147 Å². The molecule has 24 heavy (non-hydrogen) atoms. The molecule has 1 aliphatic heterocycles. The van der Waals surface area contributed by atoms with Crippen molar-refractivity contribution in [2.24, 2.45) is 0 Å². The van der Waals surface area contributed by atoms with E-state index >= 15 is 0 Å². The number of rotatable bonds is 3.